The Kier molecular flexibility index (Phi) is 6.56. The molecular weight excluding hydrogens is 286 g/mol. The number of nitrogens with zero attached hydrogens (tertiary/aromatic N) is 1. The number of β-lactam (4-membered cyclic amide) rings is 1. The Morgan fingerprint density at radius 2 is 1.91 bits per heavy atom. The van der Waals surface area contributed by atoms with Crippen LogP contribution in [0.4, 0.5) is 4.79 Å². The second-order valence-electron chi connectivity index (χ2n) is 6.41. The van der Waals surface area contributed by atoms with Crippen LogP contribution in [-0.4, -0.2) is 54.5 Å². The van der Waals surface area contributed by atoms with Gasteiger partial charge in [-0.3, -0.25) is 4.79 Å². The first kappa shape index (κ1) is 18.6. The maximum Gasteiger partial charge on any atom is 0.417 e. The van der Waals surface area contributed by atoms with Crippen molar-refractivity contribution in [2.45, 2.75) is 59.3 Å². The molecule has 2 atom stereocenters. The summed E-state index contributed by atoms with van der Waals surface area (Å²) >= 11 is 0. The van der Waals surface area contributed by atoms with Crippen LogP contribution in [0.2, 0.25) is 0 Å². The zero-order valence-electron chi connectivity index (χ0n) is 14.3. The quantitative estimate of drug-likeness (QED) is 0.428. The smallest absolute Gasteiger partial charge is 0.417 e. The van der Waals surface area contributed by atoms with Crippen LogP contribution in [0, 0.1) is 0 Å². The molecule has 6 nitrogen and oxygen atoms in total. The first-order valence-corrected chi connectivity index (χ1v) is 7.57. The molecule has 0 radical (unpaired) electrons. The van der Waals surface area contributed by atoms with Gasteiger partial charge in [0.05, 0.1) is 19.3 Å². The molecule has 1 saturated heterocycles. The van der Waals surface area contributed by atoms with Gasteiger partial charge in [0.2, 0.25) is 0 Å². The number of allylic oxidation sites excluding steroid dienone is 1. The molecule has 0 aromatic rings. The van der Waals surface area contributed by atoms with Crippen molar-refractivity contribution in [3.63, 3.8) is 0 Å². The summed E-state index contributed by atoms with van der Waals surface area (Å²) in [7, 11) is 0. The van der Waals surface area contributed by atoms with Crippen molar-refractivity contribution in [2.75, 3.05) is 19.8 Å². The minimum atomic E-state index is -0.650. The van der Waals surface area contributed by atoms with Crippen molar-refractivity contribution in [2.24, 2.45) is 0 Å². The molecule has 1 aliphatic rings. The molecule has 0 aromatic carbocycles. The van der Waals surface area contributed by atoms with Gasteiger partial charge in [-0.25, -0.2) is 9.69 Å². The highest BCUT2D eigenvalue weighted by atomic mass is 16.6. The van der Waals surface area contributed by atoms with Gasteiger partial charge in [-0.15, -0.1) is 0 Å². The van der Waals surface area contributed by atoms with E-state index < -0.39 is 23.8 Å². The standard InChI is InChI=1S/C16H27NO5/c1-7-20-8-9-21-13-12(10-11(2)3)17(14(13)18)15(19)22-16(4,5)6/h10,12-13H,7-9H2,1-6H3/t12-,13+/m0/s1. The van der Waals surface area contributed by atoms with Gasteiger partial charge in [0.25, 0.3) is 5.91 Å². The Hall–Kier alpha value is -1.40. The molecule has 6 heteroatoms. The van der Waals surface area contributed by atoms with Gasteiger partial charge in [-0.2, -0.15) is 0 Å². The van der Waals surface area contributed by atoms with E-state index in [2.05, 4.69) is 0 Å². The van der Waals surface area contributed by atoms with Gasteiger partial charge in [-0.05, 0) is 41.5 Å². The summed E-state index contributed by atoms with van der Waals surface area (Å²) in [6.07, 6.45) is 0.559. The molecule has 1 aliphatic heterocycles. The fraction of sp³-hybridized carbons (Fsp3) is 0.750. The molecule has 0 aliphatic carbocycles. The van der Waals surface area contributed by atoms with Crippen LogP contribution in [0.5, 0.6) is 0 Å². The first-order valence-electron chi connectivity index (χ1n) is 7.57. The number of carbonyl (C=O) groups is 2. The zero-order valence-corrected chi connectivity index (χ0v) is 14.3. The third-order valence-corrected chi connectivity index (χ3v) is 2.91. The van der Waals surface area contributed by atoms with Crippen LogP contribution in [0.1, 0.15) is 41.5 Å². The largest absolute Gasteiger partial charge is 0.443 e. The molecule has 0 N–H and O–H groups in total. The van der Waals surface area contributed by atoms with Crippen LogP contribution in [0.3, 0.4) is 0 Å². The van der Waals surface area contributed by atoms with E-state index in [0.717, 1.165) is 10.5 Å². The highest BCUT2D eigenvalue weighted by Crippen LogP contribution is 2.27. The van der Waals surface area contributed by atoms with E-state index >= 15 is 0 Å². The number of rotatable bonds is 6. The third-order valence-electron chi connectivity index (χ3n) is 2.91. The lowest BCUT2D eigenvalue weighted by Gasteiger charge is -2.43. The maximum atomic E-state index is 12.2. The predicted octanol–water partition coefficient (Wildman–Crippen LogP) is 2.52. The van der Waals surface area contributed by atoms with E-state index in [1.54, 1.807) is 20.8 Å². The number of hydrogen-bond acceptors (Lipinski definition) is 5. The van der Waals surface area contributed by atoms with E-state index in [1.807, 2.05) is 26.8 Å². The average Bonchev–Trinajstić information content (AvgIpc) is 2.35. The summed E-state index contributed by atoms with van der Waals surface area (Å²) in [4.78, 5) is 25.4. The van der Waals surface area contributed by atoms with Gasteiger partial charge in [0.15, 0.2) is 6.10 Å². The number of hydrogen-bond donors (Lipinski definition) is 0. The highest BCUT2D eigenvalue weighted by Gasteiger charge is 2.52. The van der Waals surface area contributed by atoms with Gasteiger partial charge in [0, 0.05) is 6.61 Å². The Bertz CT molecular complexity index is 434. The lowest BCUT2D eigenvalue weighted by Crippen LogP contribution is -2.67. The Balaban J connectivity index is 2.72. The monoisotopic (exact) mass is 313 g/mol. The van der Waals surface area contributed by atoms with Crippen molar-refractivity contribution < 1.29 is 23.8 Å². The van der Waals surface area contributed by atoms with E-state index in [9.17, 15) is 9.59 Å². The summed E-state index contributed by atoms with van der Waals surface area (Å²) in [6.45, 7) is 12.4. The molecule has 0 bridgehead atoms. The van der Waals surface area contributed by atoms with E-state index in [4.69, 9.17) is 14.2 Å². The lowest BCUT2D eigenvalue weighted by molar-refractivity contribution is -0.167. The van der Waals surface area contributed by atoms with Crippen LogP contribution >= 0.6 is 0 Å². The van der Waals surface area contributed by atoms with Crippen molar-refractivity contribution in [3.8, 4) is 0 Å². The highest BCUT2D eigenvalue weighted by molar-refractivity contribution is 6.01. The van der Waals surface area contributed by atoms with Crippen LogP contribution in [0.15, 0.2) is 11.6 Å². The topological polar surface area (TPSA) is 65.1 Å². The first-order chi connectivity index (χ1) is 10.2. The number of ether oxygens (including phenoxy) is 3. The SMILES string of the molecule is CCOCCO[C@H]1C(=O)N(C(=O)OC(C)(C)C)[C@H]1C=C(C)C. The van der Waals surface area contributed by atoms with Crippen LogP contribution in [0.25, 0.3) is 0 Å². The molecule has 0 spiro atoms. The Morgan fingerprint density at radius 1 is 1.27 bits per heavy atom. The number of likely N-dealkylation sites (tertiary alicyclic amines) is 1. The van der Waals surface area contributed by atoms with Gasteiger partial charge >= 0.3 is 6.09 Å². The molecule has 126 valence electrons. The summed E-state index contributed by atoms with van der Waals surface area (Å²) in [5.74, 6) is -0.367. The second kappa shape index (κ2) is 7.74. The molecule has 1 fully saturated rings. The average molecular weight is 313 g/mol. The summed E-state index contributed by atoms with van der Waals surface area (Å²) in [5.41, 5.74) is 0.359. The molecule has 1 rings (SSSR count). The fourth-order valence-electron chi connectivity index (χ4n) is 2.06. The summed E-state index contributed by atoms with van der Waals surface area (Å²) < 4.78 is 16.0. The zero-order chi connectivity index (χ0) is 16.9. The minimum Gasteiger partial charge on any atom is -0.443 e. The predicted molar refractivity (Wildman–Crippen MR) is 82.5 cm³/mol. The van der Waals surface area contributed by atoms with Crippen LogP contribution in [-0.2, 0) is 19.0 Å². The van der Waals surface area contributed by atoms with Gasteiger partial charge in [-0.1, -0.05) is 11.6 Å². The summed E-state index contributed by atoms with van der Waals surface area (Å²) in [5, 5.41) is 0. The van der Waals surface area contributed by atoms with E-state index in [-0.39, 0.29) is 5.91 Å². The molecule has 2 amide bonds. The van der Waals surface area contributed by atoms with Crippen molar-refractivity contribution in [1.82, 2.24) is 4.90 Å². The normalized spacial score (nSPS) is 21.4. The van der Waals surface area contributed by atoms with E-state index in [0.29, 0.717) is 19.8 Å². The Morgan fingerprint density at radius 3 is 2.41 bits per heavy atom. The summed E-state index contributed by atoms with van der Waals surface area (Å²) in [6, 6.07) is -0.422. The van der Waals surface area contributed by atoms with E-state index in [1.165, 1.54) is 0 Å². The van der Waals surface area contributed by atoms with Crippen molar-refractivity contribution in [1.29, 1.82) is 0 Å². The van der Waals surface area contributed by atoms with Crippen LogP contribution < -0.4 is 0 Å². The van der Waals surface area contributed by atoms with Crippen molar-refractivity contribution in [3.05, 3.63) is 11.6 Å². The van der Waals surface area contributed by atoms with Gasteiger partial charge < -0.3 is 14.2 Å². The molecule has 0 unspecified atom stereocenters. The maximum absolute atomic E-state index is 12.2. The second-order valence-corrected chi connectivity index (χ2v) is 6.41. The number of amides is 2. The number of carbonyl (C=O) groups excluding carboxylic acids is 2. The molecule has 1 heterocycles. The fourth-order valence-corrected chi connectivity index (χ4v) is 2.06. The molecule has 0 saturated carbocycles. The Labute approximate surface area is 132 Å². The number of imide groups is 1. The van der Waals surface area contributed by atoms with Gasteiger partial charge in [0.1, 0.15) is 5.60 Å². The molecule has 22 heavy (non-hydrogen) atoms. The minimum absolute atomic E-state index is 0.319. The molecular formula is C16H27NO5. The third kappa shape index (κ3) is 5.10. The van der Waals surface area contributed by atoms with Crippen molar-refractivity contribution >= 4 is 12.0 Å². The lowest BCUT2D eigenvalue weighted by atomic mass is 9.96. The molecule has 0 aromatic heterocycles.